The monoisotopic (exact) mass is 381 g/mol. The second-order valence-electron chi connectivity index (χ2n) is 6.27. The van der Waals surface area contributed by atoms with Gasteiger partial charge in [0.25, 0.3) is 0 Å². The van der Waals surface area contributed by atoms with Crippen LogP contribution < -0.4 is 5.32 Å². The number of amides is 1. The Kier molecular flexibility index (Phi) is 5.72. The van der Waals surface area contributed by atoms with Gasteiger partial charge in [0.05, 0.1) is 22.8 Å². The molecule has 3 aromatic rings. The molecule has 0 atom stereocenters. The van der Waals surface area contributed by atoms with Crippen molar-refractivity contribution in [3.8, 4) is 5.69 Å². The highest BCUT2D eigenvalue weighted by molar-refractivity contribution is 6.30. The minimum atomic E-state index is -0.212. The van der Waals surface area contributed by atoms with Crippen LogP contribution in [-0.4, -0.2) is 21.5 Å². The van der Waals surface area contributed by atoms with E-state index in [1.54, 1.807) is 28.9 Å². The third-order valence-electron chi connectivity index (χ3n) is 4.30. The van der Waals surface area contributed by atoms with Crippen molar-refractivity contribution in [3.63, 3.8) is 0 Å². The van der Waals surface area contributed by atoms with Crippen molar-refractivity contribution < 1.29 is 9.59 Å². The van der Waals surface area contributed by atoms with Gasteiger partial charge in [-0.3, -0.25) is 9.59 Å². The van der Waals surface area contributed by atoms with E-state index in [0.29, 0.717) is 16.3 Å². The summed E-state index contributed by atoms with van der Waals surface area (Å²) in [6, 6.07) is 16.4. The maximum absolute atomic E-state index is 12.3. The van der Waals surface area contributed by atoms with Crippen LogP contribution in [0.3, 0.4) is 0 Å². The molecule has 5 nitrogen and oxygen atoms in total. The maximum atomic E-state index is 12.3. The number of halogens is 1. The highest BCUT2D eigenvalue weighted by atomic mass is 35.5. The molecule has 0 spiro atoms. The number of nitrogens with one attached hydrogen (secondary N) is 1. The fourth-order valence-corrected chi connectivity index (χ4v) is 2.98. The van der Waals surface area contributed by atoms with Gasteiger partial charge < -0.3 is 5.32 Å². The molecule has 0 aliphatic rings. The van der Waals surface area contributed by atoms with Crippen molar-refractivity contribution in [1.29, 1.82) is 0 Å². The van der Waals surface area contributed by atoms with Gasteiger partial charge in [0.15, 0.2) is 5.78 Å². The van der Waals surface area contributed by atoms with Crippen molar-refractivity contribution in [2.75, 3.05) is 5.32 Å². The number of ketones is 1. The fraction of sp³-hybridized carbons (Fsp3) is 0.190. The van der Waals surface area contributed by atoms with Crippen LogP contribution in [0.15, 0.2) is 54.6 Å². The fourth-order valence-electron chi connectivity index (χ4n) is 2.85. The molecular weight excluding hydrogens is 362 g/mol. The molecule has 1 N–H and O–H groups in total. The SMILES string of the molecule is Cc1nn(-c2ccccc2)c(C)c1NC(=O)CCC(=O)c1ccc(Cl)cc1. The first-order valence-electron chi connectivity index (χ1n) is 8.66. The van der Waals surface area contributed by atoms with Crippen LogP contribution in [0.2, 0.25) is 5.02 Å². The lowest BCUT2D eigenvalue weighted by molar-refractivity contribution is -0.116. The first-order valence-corrected chi connectivity index (χ1v) is 9.04. The number of aromatic nitrogens is 2. The predicted octanol–water partition coefficient (Wildman–Crippen LogP) is 4.74. The topological polar surface area (TPSA) is 64.0 Å². The van der Waals surface area contributed by atoms with Gasteiger partial charge in [-0.2, -0.15) is 5.10 Å². The number of carbonyl (C=O) groups is 2. The summed E-state index contributed by atoms with van der Waals surface area (Å²) < 4.78 is 1.80. The standard InChI is InChI=1S/C21H20ClN3O2/c1-14-21(15(2)25(24-14)18-6-4-3-5-7-18)23-20(27)13-12-19(26)16-8-10-17(22)11-9-16/h3-11H,12-13H2,1-2H3,(H,23,27). The normalized spacial score (nSPS) is 10.6. The molecular formula is C21H20ClN3O2. The number of hydrogen-bond acceptors (Lipinski definition) is 3. The van der Waals surface area contributed by atoms with Crippen LogP contribution in [0.25, 0.3) is 5.69 Å². The van der Waals surface area contributed by atoms with E-state index in [-0.39, 0.29) is 24.5 Å². The number of Topliss-reactive ketones (excluding diaryl/α,β-unsaturated/α-hetero) is 1. The molecule has 0 aliphatic heterocycles. The number of anilines is 1. The molecule has 1 amide bonds. The van der Waals surface area contributed by atoms with E-state index in [4.69, 9.17) is 11.6 Å². The largest absolute Gasteiger partial charge is 0.323 e. The number of carbonyl (C=O) groups excluding carboxylic acids is 2. The molecule has 0 unspecified atom stereocenters. The minimum absolute atomic E-state index is 0.0877. The lowest BCUT2D eigenvalue weighted by Crippen LogP contribution is -2.14. The van der Waals surface area contributed by atoms with E-state index in [1.807, 2.05) is 44.2 Å². The molecule has 3 rings (SSSR count). The molecule has 0 saturated carbocycles. The molecule has 0 radical (unpaired) electrons. The van der Waals surface area contributed by atoms with Gasteiger partial charge in [0.1, 0.15) is 0 Å². The molecule has 0 aliphatic carbocycles. The summed E-state index contributed by atoms with van der Waals surface area (Å²) >= 11 is 5.83. The summed E-state index contributed by atoms with van der Waals surface area (Å²) in [4.78, 5) is 24.5. The molecule has 0 saturated heterocycles. The highest BCUT2D eigenvalue weighted by Crippen LogP contribution is 2.23. The number of hydrogen-bond donors (Lipinski definition) is 1. The van der Waals surface area contributed by atoms with E-state index >= 15 is 0 Å². The second kappa shape index (κ2) is 8.18. The minimum Gasteiger partial charge on any atom is -0.323 e. The summed E-state index contributed by atoms with van der Waals surface area (Å²) in [5.74, 6) is -0.300. The number of aryl methyl sites for hydroxylation is 1. The van der Waals surface area contributed by atoms with Crippen LogP contribution in [-0.2, 0) is 4.79 Å². The molecule has 0 fully saturated rings. The summed E-state index contributed by atoms with van der Waals surface area (Å²) in [7, 11) is 0. The third kappa shape index (κ3) is 4.44. The van der Waals surface area contributed by atoms with Crippen LogP contribution in [0.5, 0.6) is 0 Å². The quantitative estimate of drug-likeness (QED) is 0.627. The van der Waals surface area contributed by atoms with Gasteiger partial charge in [-0.25, -0.2) is 4.68 Å². The zero-order valence-corrected chi connectivity index (χ0v) is 16.0. The third-order valence-corrected chi connectivity index (χ3v) is 4.55. The van der Waals surface area contributed by atoms with Gasteiger partial charge in [0.2, 0.25) is 5.91 Å². The summed E-state index contributed by atoms with van der Waals surface area (Å²) in [5.41, 5.74) is 3.74. The molecule has 1 heterocycles. The number of para-hydroxylation sites is 1. The van der Waals surface area contributed by atoms with Crippen molar-refractivity contribution in [1.82, 2.24) is 9.78 Å². The number of rotatable bonds is 6. The second-order valence-corrected chi connectivity index (χ2v) is 6.71. The van der Waals surface area contributed by atoms with Crippen molar-refractivity contribution in [3.05, 3.63) is 76.6 Å². The van der Waals surface area contributed by atoms with Crippen LogP contribution in [0.4, 0.5) is 5.69 Å². The molecule has 6 heteroatoms. The van der Waals surface area contributed by atoms with Crippen LogP contribution >= 0.6 is 11.6 Å². The predicted molar refractivity (Wildman–Crippen MR) is 107 cm³/mol. The first kappa shape index (κ1) is 18.9. The molecule has 27 heavy (non-hydrogen) atoms. The van der Waals surface area contributed by atoms with Crippen LogP contribution in [0.1, 0.15) is 34.6 Å². The number of nitrogens with zero attached hydrogens (tertiary/aromatic N) is 2. The average Bonchev–Trinajstić information content (AvgIpc) is 2.95. The Hall–Kier alpha value is -2.92. The van der Waals surface area contributed by atoms with Crippen molar-refractivity contribution in [2.45, 2.75) is 26.7 Å². The Bertz CT molecular complexity index is 963. The number of benzene rings is 2. The summed E-state index contributed by atoms with van der Waals surface area (Å²) in [6.45, 7) is 3.75. The highest BCUT2D eigenvalue weighted by Gasteiger charge is 2.16. The average molecular weight is 382 g/mol. The van der Waals surface area contributed by atoms with E-state index in [9.17, 15) is 9.59 Å². The van der Waals surface area contributed by atoms with Gasteiger partial charge in [-0.1, -0.05) is 29.8 Å². The van der Waals surface area contributed by atoms with Gasteiger partial charge in [0, 0.05) is 23.4 Å². The van der Waals surface area contributed by atoms with Crippen molar-refractivity contribution in [2.24, 2.45) is 0 Å². The molecule has 138 valence electrons. The van der Waals surface area contributed by atoms with Crippen LogP contribution in [0, 0.1) is 13.8 Å². The zero-order valence-electron chi connectivity index (χ0n) is 15.2. The van der Waals surface area contributed by atoms with E-state index < -0.39 is 0 Å². The van der Waals surface area contributed by atoms with E-state index in [2.05, 4.69) is 10.4 Å². The van der Waals surface area contributed by atoms with Gasteiger partial charge in [-0.15, -0.1) is 0 Å². The Morgan fingerprint density at radius 3 is 2.33 bits per heavy atom. The summed E-state index contributed by atoms with van der Waals surface area (Å²) in [6.07, 6.45) is 0.245. The summed E-state index contributed by atoms with van der Waals surface area (Å²) in [5, 5.41) is 7.97. The zero-order chi connectivity index (χ0) is 19.4. The van der Waals surface area contributed by atoms with Gasteiger partial charge in [-0.05, 0) is 50.2 Å². The Labute approximate surface area is 163 Å². The van der Waals surface area contributed by atoms with Crippen molar-refractivity contribution >= 4 is 29.0 Å². The molecule has 1 aromatic heterocycles. The Morgan fingerprint density at radius 2 is 1.67 bits per heavy atom. The van der Waals surface area contributed by atoms with E-state index in [1.165, 1.54) is 0 Å². The van der Waals surface area contributed by atoms with E-state index in [0.717, 1.165) is 17.1 Å². The lowest BCUT2D eigenvalue weighted by Gasteiger charge is -2.07. The van der Waals surface area contributed by atoms with Gasteiger partial charge >= 0.3 is 0 Å². The molecule has 0 bridgehead atoms. The Balaban J connectivity index is 1.65. The first-order chi connectivity index (χ1) is 13.0. The molecule has 2 aromatic carbocycles. The maximum Gasteiger partial charge on any atom is 0.224 e. The lowest BCUT2D eigenvalue weighted by atomic mass is 10.1. The smallest absolute Gasteiger partial charge is 0.224 e. The Morgan fingerprint density at radius 1 is 1.00 bits per heavy atom.